The first-order valence-corrected chi connectivity index (χ1v) is 12.2. The number of hydrogen-bond acceptors (Lipinski definition) is 4. The number of aliphatic imine (C=N–C) groups is 1. The van der Waals surface area contributed by atoms with Gasteiger partial charge in [-0.05, 0) is 55.7 Å². The first-order valence-electron chi connectivity index (χ1n) is 10.1. The van der Waals surface area contributed by atoms with E-state index in [2.05, 4.69) is 25.8 Å². The zero-order valence-corrected chi connectivity index (χ0v) is 20.6. The predicted octanol–water partition coefficient (Wildman–Crippen LogP) is 6.14. The Morgan fingerprint density at radius 2 is 1.87 bits per heavy atom. The third-order valence-electron chi connectivity index (χ3n) is 4.64. The van der Waals surface area contributed by atoms with Gasteiger partial charge in [-0.1, -0.05) is 31.5 Å². The number of hydrogen-bond donors (Lipinski definition) is 0. The van der Waals surface area contributed by atoms with Crippen molar-refractivity contribution in [3.63, 3.8) is 0 Å². The quantitative estimate of drug-likeness (QED) is 0.360. The Morgan fingerprint density at radius 3 is 2.47 bits per heavy atom. The van der Waals surface area contributed by atoms with Gasteiger partial charge in [0.2, 0.25) is 0 Å². The van der Waals surface area contributed by atoms with Crippen molar-refractivity contribution >= 4 is 44.7 Å². The number of rotatable bonds is 8. The minimum atomic E-state index is -2.71. The SMILES string of the molecule is CCN(C)C=Nc1cc(C)c(S(=O)(CC(C)C)=Nc2cccc(N(C)C)c2)cc1Cl. The lowest BCUT2D eigenvalue weighted by Crippen LogP contribution is -2.14. The van der Waals surface area contributed by atoms with Crippen molar-refractivity contribution in [2.75, 3.05) is 38.3 Å². The van der Waals surface area contributed by atoms with E-state index in [9.17, 15) is 4.21 Å². The summed E-state index contributed by atoms with van der Waals surface area (Å²) in [5.74, 6) is 0.671. The molecule has 0 N–H and O–H groups in total. The van der Waals surface area contributed by atoms with Gasteiger partial charge in [-0.3, -0.25) is 0 Å². The molecule has 0 radical (unpaired) electrons. The van der Waals surface area contributed by atoms with Gasteiger partial charge in [0.25, 0.3) is 0 Å². The van der Waals surface area contributed by atoms with Gasteiger partial charge in [-0.2, -0.15) is 4.36 Å². The highest BCUT2D eigenvalue weighted by atomic mass is 35.5. The van der Waals surface area contributed by atoms with Crippen LogP contribution in [0.5, 0.6) is 0 Å². The Morgan fingerprint density at radius 1 is 1.17 bits per heavy atom. The van der Waals surface area contributed by atoms with E-state index in [1.54, 1.807) is 12.4 Å². The zero-order valence-electron chi connectivity index (χ0n) is 19.0. The standard InChI is InChI=1S/C23H33ClN4OS/c1-8-28(7)16-25-22-12-18(4)23(14-21(22)24)30(29,15-17(2)3)26-19-10-9-11-20(13-19)27(5)6/h9-14,16-17H,8,15H2,1-7H3. The fourth-order valence-electron chi connectivity index (χ4n) is 2.96. The van der Waals surface area contributed by atoms with Crippen LogP contribution in [0.4, 0.5) is 17.1 Å². The lowest BCUT2D eigenvalue weighted by atomic mass is 10.2. The van der Waals surface area contributed by atoms with Gasteiger partial charge in [0, 0.05) is 39.1 Å². The Balaban J connectivity index is 2.61. The lowest BCUT2D eigenvalue weighted by Gasteiger charge is -2.18. The maximum absolute atomic E-state index is 14.2. The highest BCUT2D eigenvalue weighted by Crippen LogP contribution is 2.34. The highest BCUT2D eigenvalue weighted by Gasteiger charge is 2.20. The molecule has 5 nitrogen and oxygen atoms in total. The van der Waals surface area contributed by atoms with Gasteiger partial charge in [0.15, 0.2) is 0 Å². The second kappa shape index (κ2) is 10.3. The summed E-state index contributed by atoms with van der Waals surface area (Å²) >= 11 is 6.53. The van der Waals surface area contributed by atoms with Crippen LogP contribution in [0, 0.1) is 12.8 Å². The van der Waals surface area contributed by atoms with E-state index in [0.29, 0.717) is 27.0 Å². The summed E-state index contributed by atoms with van der Waals surface area (Å²) in [5, 5.41) is 0.477. The van der Waals surface area contributed by atoms with Crippen molar-refractivity contribution in [2.24, 2.45) is 15.3 Å². The molecule has 1 atom stereocenters. The molecule has 0 amide bonds. The molecule has 0 aliphatic carbocycles. The Labute approximate surface area is 186 Å². The van der Waals surface area contributed by atoms with Crippen LogP contribution in [0.3, 0.4) is 0 Å². The smallest absolute Gasteiger partial charge is 0.0910 e. The molecule has 0 saturated carbocycles. The zero-order chi connectivity index (χ0) is 22.5. The summed E-state index contributed by atoms with van der Waals surface area (Å²) in [6, 6.07) is 11.5. The van der Waals surface area contributed by atoms with E-state index in [1.807, 2.05) is 68.2 Å². The molecular weight excluding hydrogens is 416 g/mol. The molecule has 2 rings (SSSR count). The first kappa shape index (κ1) is 24.2. The van der Waals surface area contributed by atoms with E-state index < -0.39 is 9.73 Å². The van der Waals surface area contributed by atoms with Crippen molar-refractivity contribution in [1.82, 2.24) is 4.90 Å². The van der Waals surface area contributed by atoms with Crippen molar-refractivity contribution in [1.29, 1.82) is 0 Å². The summed E-state index contributed by atoms with van der Waals surface area (Å²) in [5.41, 5.74) is 3.26. The summed E-state index contributed by atoms with van der Waals surface area (Å²) in [7, 11) is 3.20. The van der Waals surface area contributed by atoms with Gasteiger partial charge < -0.3 is 9.80 Å². The number of anilines is 1. The minimum Gasteiger partial charge on any atom is -0.378 e. The van der Waals surface area contributed by atoms with Crippen LogP contribution in [-0.4, -0.2) is 48.9 Å². The number of nitrogens with zero attached hydrogens (tertiary/aromatic N) is 4. The van der Waals surface area contributed by atoms with Crippen LogP contribution >= 0.6 is 11.6 Å². The molecule has 7 heteroatoms. The van der Waals surface area contributed by atoms with Crippen LogP contribution in [0.15, 0.2) is 50.6 Å². The molecule has 0 saturated heterocycles. The Hall–Kier alpha value is -2.05. The molecule has 0 aliphatic rings. The average molecular weight is 449 g/mol. The molecule has 2 aromatic carbocycles. The maximum atomic E-state index is 14.2. The third-order valence-corrected chi connectivity index (χ3v) is 7.69. The normalized spacial score (nSPS) is 13.5. The second-order valence-electron chi connectivity index (χ2n) is 8.09. The number of benzene rings is 2. The number of aryl methyl sites for hydroxylation is 1. The van der Waals surface area contributed by atoms with E-state index in [1.165, 1.54) is 0 Å². The monoisotopic (exact) mass is 448 g/mol. The largest absolute Gasteiger partial charge is 0.378 e. The summed E-state index contributed by atoms with van der Waals surface area (Å²) in [4.78, 5) is 9.13. The van der Waals surface area contributed by atoms with Crippen LogP contribution in [0.1, 0.15) is 26.3 Å². The molecule has 0 bridgehead atoms. The lowest BCUT2D eigenvalue weighted by molar-refractivity contribution is 0.552. The molecule has 164 valence electrons. The molecule has 0 spiro atoms. The van der Waals surface area contributed by atoms with Gasteiger partial charge in [-0.25, -0.2) is 9.20 Å². The van der Waals surface area contributed by atoms with E-state index in [-0.39, 0.29) is 5.92 Å². The van der Waals surface area contributed by atoms with Gasteiger partial charge in [0.05, 0.1) is 37.4 Å². The average Bonchev–Trinajstić information content (AvgIpc) is 2.67. The molecule has 30 heavy (non-hydrogen) atoms. The van der Waals surface area contributed by atoms with E-state index >= 15 is 0 Å². The van der Waals surface area contributed by atoms with Crippen molar-refractivity contribution in [2.45, 2.75) is 32.6 Å². The summed E-state index contributed by atoms with van der Waals surface area (Å²) in [6.07, 6.45) is 1.75. The molecular formula is C23H33ClN4OS. The van der Waals surface area contributed by atoms with Crippen molar-refractivity contribution in [3.8, 4) is 0 Å². The fraction of sp³-hybridized carbons (Fsp3) is 0.435. The first-order chi connectivity index (χ1) is 14.1. The van der Waals surface area contributed by atoms with Crippen LogP contribution < -0.4 is 4.90 Å². The predicted molar refractivity (Wildman–Crippen MR) is 132 cm³/mol. The maximum Gasteiger partial charge on any atom is 0.0910 e. The van der Waals surface area contributed by atoms with E-state index in [0.717, 1.165) is 17.8 Å². The molecule has 0 heterocycles. The summed E-state index contributed by atoms with van der Waals surface area (Å²) < 4.78 is 18.9. The van der Waals surface area contributed by atoms with Crippen LogP contribution in [0.25, 0.3) is 0 Å². The third kappa shape index (κ3) is 6.22. The minimum absolute atomic E-state index is 0.215. The fourth-order valence-corrected chi connectivity index (χ4v) is 5.81. The van der Waals surface area contributed by atoms with Crippen molar-refractivity contribution in [3.05, 3.63) is 47.0 Å². The summed E-state index contributed by atoms with van der Waals surface area (Å²) in [6.45, 7) is 8.96. The van der Waals surface area contributed by atoms with Gasteiger partial charge >= 0.3 is 0 Å². The van der Waals surface area contributed by atoms with Crippen LogP contribution in [0.2, 0.25) is 5.02 Å². The van der Waals surface area contributed by atoms with Crippen molar-refractivity contribution < 1.29 is 4.21 Å². The molecule has 0 aliphatic heterocycles. The van der Waals surface area contributed by atoms with E-state index in [4.69, 9.17) is 16.0 Å². The molecule has 1 unspecified atom stereocenters. The van der Waals surface area contributed by atoms with Gasteiger partial charge in [0.1, 0.15) is 0 Å². The topological polar surface area (TPSA) is 48.3 Å². The molecule has 2 aromatic rings. The van der Waals surface area contributed by atoms with Gasteiger partial charge in [-0.15, -0.1) is 0 Å². The number of halogens is 1. The molecule has 0 fully saturated rings. The molecule has 0 aromatic heterocycles. The Bertz CT molecular complexity index is 1020. The second-order valence-corrected chi connectivity index (χ2v) is 10.7. The highest BCUT2D eigenvalue weighted by molar-refractivity contribution is 7.93. The van der Waals surface area contributed by atoms with Crippen LogP contribution in [-0.2, 0) is 9.73 Å². The Kier molecular flexibility index (Phi) is 8.33.